The fourth-order valence-corrected chi connectivity index (χ4v) is 3.71. The predicted octanol–water partition coefficient (Wildman–Crippen LogP) is 2.20. The number of carbonyl (C=O) groups is 1. The third-order valence-corrected chi connectivity index (χ3v) is 5.00. The molecule has 1 aromatic heterocycles. The van der Waals surface area contributed by atoms with Gasteiger partial charge in [0.05, 0.1) is 0 Å². The van der Waals surface area contributed by atoms with Gasteiger partial charge in [-0.25, -0.2) is 4.79 Å². The molecule has 2 fully saturated rings. The Balaban J connectivity index is 1.53. The third-order valence-electron chi connectivity index (χ3n) is 5.00. The van der Waals surface area contributed by atoms with Gasteiger partial charge in [-0.15, -0.1) is 10.2 Å². The Bertz CT molecular complexity index is 494. The lowest BCUT2D eigenvalue weighted by atomic mass is 9.94. The number of hydrogen-bond donors (Lipinski definition) is 1. The Kier molecular flexibility index (Phi) is 4.95. The molecule has 1 atom stereocenters. The fraction of sp³-hybridized carbons (Fsp3) is 0.812. The second kappa shape index (κ2) is 7.11. The molecule has 1 unspecified atom stereocenters. The first kappa shape index (κ1) is 15.3. The maximum Gasteiger partial charge on any atom is 0.317 e. The number of rotatable bonds is 4. The minimum Gasteiger partial charge on any atom is -0.335 e. The average Bonchev–Trinajstić information content (AvgIpc) is 3.19. The number of urea groups is 1. The number of aryl methyl sites for hydroxylation is 1. The highest BCUT2D eigenvalue weighted by molar-refractivity contribution is 5.74. The van der Waals surface area contributed by atoms with Gasteiger partial charge in [0.1, 0.15) is 12.2 Å². The smallest absolute Gasteiger partial charge is 0.317 e. The summed E-state index contributed by atoms with van der Waals surface area (Å²) in [5.41, 5.74) is 0. The molecule has 1 aliphatic carbocycles. The second-order valence-corrected chi connectivity index (χ2v) is 6.62. The van der Waals surface area contributed by atoms with Crippen LogP contribution in [-0.4, -0.2) is 44.8 Å². The van der Waals surface area contributed by atoms with Crippen LogP contribution < -0.4 is 5.32 Å². The van der Waals surface area contributed by atoms with Crippen molar-refractivity contribution in [3.8, 4) is 0 Å². The first-order valence-electron chi connectivity index (χ1n) is 8.68. The van der Waals surface area contributed by atoms with Gasteiger partial charge in [-0.2, -0.15) is 0 Å². The number of nitrogens with zero attached hydrogens (tertiary/aromatic N) is 4. The Labute approximate surface area is 132 Å². The summed E-state index contributed by atoms with van der Waals surface area (Å²) < 4.78 is 2.09. The predicted molar refractivity (Wildman–Crippen MR) is 84.5 cm³/mol. The van der Waals surface area contributed by atoms with Crippen LogP contribution in [0.1, 0.15) is 51.3 Å². The number of aromatic nitrogens is 3. The van der Waals surface area contributed by atoms with Gasteiger partial charge < -0.3 is 14.8 Å². The van der Waals surface area contributed by atoms with Crippen LogP contribution in [0.15, 0.2) is 6.33 Å². The quantitative estimate of drug-likeness (QED) is 0.927. The maximum atomic E-state index is 12.4. The Hall–Kier alpha value is -1.59. The van der Waals surface area contributed by atoms with Crippen molar-refractivity contribution >= 4 is 6.03 Å². The van der Waals surface area contributed by atoms with E-state index in [0.717, 1.165) is 51.1 Å². The highest BCUT2D eigenvalue weighted by atomic mass is 16.2. The van der Waals surface area contributed by atoms with Crippen molar-refractivity contribution in [2.45, 2.75) is 64.5 Å². The van der Waals surface area contributed by atoms with E-state index in [1.807, 2.05) is 4.90 Å². The van der Waals surface area contributed by atoms with Crippen LogP contribution >= 0.6 is 0 Å². The summed E-state index contributed by atoms with van der Waals surface area (Å²) in [7, 11) is 0. The molecule has 3 rings (SSSR count). The molecule has 2 aliphatic rings. The number of piperidine rings is 1. The number of amides is 2. The summed E-state index contributed by atoms with van der Waals surface area (Å²) in [5, 5.41) is 11.4. The zero-order valence-electron chi connectivity index (χ0n) is 13.5. The van der Waals surface area contributed by atoms with Crippen LogP contribution in [0.3, 0.4) is 0 Å². The van der Waals surface area contributed by atoms with Gasteiger partial charge in [-0.3, -0.25) is 0 Å². The standard InChI is InChI=1S/C16H27N5O/c1-2-20-12-17-19-15(20)10-13-6-5-9-21(11-13)16(22)18-14-7-3-4-8-14/h12-14H,2-11H2,1H3,(H,18,22). The molecule has 122 valence electrons. The summed E-state index contributed by atoms with van der Waals surface area (Å²) in [6.45, 7) is 4.74. The largest absolute Gasteiger partial charge is 0.335 e. The van der Waals surface area contributed by atoms with Gasteiger partial charge >= 0.3 is 6.03 Å². The highest BCUT2D eigenvalue weighted by Crippen LogP contribution is 2.22. The van der Waals surface area contributed by atoms with Crippen LogP contribution in [0.4, 0.5) is 4.79 Å². The van der Waals surface area contributed by atoms with Gasteiger partial charge in [0.25, 0.3) is 0 Å². The van der Waals surface area contributed by atoms with Gasteiger partial charge in [0.15, 0.2) is 0 Å². The van der Waals surface area contributed by atoms with Gasteiger partial charge in [-0.1, -0.05) is 12.8 Å². The summed E-state index contributed by atoms with van der Waals surface area (Å²) in [6.07, 6.45) is 9.75. The molecule has 2 heterocycles. The molecule has 0 spiro atoms. The zero-order chi connectivity index (χ0) is 15.4. The molecule has 1 saturated heterocycles. The van der Waals surface area contributed by atoms with Gasteiger partial charge in [0.2, 0.25) is 0 Å². The normalized spacial score (nSPS) is 23.0. The maximum absolute atomic E-state index is 12.4. The fourth-order valence-electron chi connectivity index (χ4n) is 3.71. The van der Waals surface area contributed by atoms with Crippen molar-refractivity contribution < 1.29 is 4.79 Å². The molecule has 0 aromatic carbocycles. The Morgan fingerprint density at radius 2 is 2.14 bits per heavy atom. The summed E-state index contributed by atoms with van der Waals surface area (Å²) in [5.74, 6) is 1.54. The second-order valence-electron chi connectivity index (χ2n) is 6.62. The summed E-state index contributed by atoms with van der Waals surface area (Å²) in [6, 6.07) is 0.532. The van der Waals surface area contributed by atoms with E-state index in [9.17, 15) is 4.79 Å². The van der Waals surface area contributed by atoms with E-state index in [4.69, 9.17) is 0 Å². The van der Waals surface area contributed by atoms with Crippen LogP contribution in [0.2, 0.25) is 0 Å². The van der Waals surface area contributed by atoms with Crippen molar-refractivity contribution in [1.29, 1.82) is 0 Å². The van der Waals surface area contributed by atoms with Crippen LogP contribution in [-0.2, 0) is 13.0 Å². The number of nitrogens with one attached hydrogen (secondary N) is 1. The molecule has 0 bridgehead atoms. The summed E-state index contributed by atoms with van der Waals surface area (Å²) in [4.78, 5) is 14.4. The third kappa shape index (κ3) is 3.59. The number of likely N-dealkylation sites (tertiary alicyclic amines) is 1. The molecule has 6 heteroatoms. The van der Waals surface area contributed by atoms with Gasteiger partial charge in [-0.05, 0) is 38.5 Å². The molecular formula is C16H27N5O. The van der Waals surface area contributed by atoms with Crippen molar-refractivity contribution in [3.05, 3.63) is 12.2 Å². The van der Waals surface area contributed by atoms with E-state index in [1.165, 1.54) is 19.3 Å². The van der Waals surface area contributed by atoms with Crippen LogP contribution in [0.5, 0.6) is 0 Å². The zero-order valence-corrected chi connectivity index (χ0v) is 13.5. The van der Waals surface area contributed by atoms with Crippen LogP contribution in [0.25, 0.3) is 0 Å². The molecule has 1 N–H and O–H groups in total. The van der Waals surface area contributed by atoms with E-state index >= 15 is 0 Å². The van der Waals surface area contributed by atoms with Crippen molar-refractivity contribution in [2.75, 3.05) is 13.1 Å². The Morgan fingerprint density at radius 3 is 2.91 bits per heavy atom. The van der Waals surface area contributed by atoms with Crippen molar-refractivity contribution in [3.63, 3.8) is 0 Å². The molecule has 1 aromatic rings. The van der Waals surface area contributed by atoms with E-state index in [0.29, 0.717) is 12.0 Å². The van der Waals surface area contributed by atoms with Crippen LogP contribution in [0, 0.1) is 5.92 Å². The molecule has 6 nitrogen and oxygen atoms in total. The highest BCUT2D eigenvalue weighted by Gasteiger charge is 2.27. The van der Waals surface area contributed by atoms with Crippen molar-refractivity contribution in [1.82, 2.24) is 25.0 Å². The molecular weight excluding hydrogens is 278 g/mol. The average molecular weight is 305 g/mol. The number of hydrogen-bond acceptors (Lipinski definition) is 3. The number of carbonyl (C=O) groups excluding carboxylic acids is 1. The molecule has 1 saturated carbocycles. The minimum atomic E-state index is 0.133. The molecule has 22 heavy (non-hydrogen) atoms. The molecule has 1 aliphatic heterocycles. The van der Waals surface area contributed by atoms with E-state index in [2.05, 4.69) is 27.0 Å². The molecule has 0 radical (unpaired) electrons. The van der Waals surface area contributed by atoms with E-state index < -0.39 is 0 Å². The minimum absolute atomic E-state index is 0.133. The first-order chi connectivity index (χ1) is 10.8. The molecule has 2 amide bonds. The Morgan fingerprint density at radius 1 is 1.32 bits per heavy atom. The lowest BCUT2D eigenvalue weighted by Crippen LogP contribution is -2.48. The van der Waals surface area contributed by atoms with E-state index in [-0.39, 0.29) is 6.03 Å². The lowest BCUT2D eigenvalue weighted by molar-refractivity contribution is 0.161. The van der Waals surface area contributed by atoms with E-state index in [1.54, 1.807) is 6.33 Å². The topological polar surface area (TPSA) is 63.1 Å². The monoisotopic (exact) mass is 305 g/mol. The first-order valence-corrected chi connectivity index (χ1v) is 8.68. The SMILES string of the molecule is CCn1cnnc1CC1CCCN(C(=O)NC2CCCC2)C1. The lowest BCUT2D eigenvalue weighted by Gasteiger charge is -2.33. The van der Waals surface area contributed by atoms with Gasteiger partial charge in [0, 0.05) is 32.1 Å². The van der Waals surface area contributed by atoms with Crippen molar-refractivity contribution in [2.24, 2.45) is 5.92 Å². The summed E-state index contributed by atoms with van der Waals surface area (Å²) >= 11 is 0.